The Morgan fingerprint density at radius 1 is 1.22 bits per heavy atom. The van der Waals surface area contributed by atoms with Crippen LogP contribution in [0.3, 0.4) is 0 Å². The topological polar surface area (TPSA) is 27.3 Å². The van der Waals surface area contributed by atoms with Crippen molar-refractivity contribution < 1.29 is 0 Å². The zero-order valence-corrected chi connectivity index (χ0v) is 12.4. The Balaban J connectivity index is 1.56. The van der Waals surface area contributed by atoms with E-state index in [1.165, 1.54) is 58.2 Å². The van der Waals surface area contributed by atoms with Crippen molar-refractivity contribution in [2.45, 2.75) is 51.5 Å². The van der Waals surface area contributed by atoms with Crippen molar-refractivity contribution in [1.82, 2.24) is 15.5 Å². The first-order valence-corrected chi connectivity index (χ1v) is 7.91. The zero-order valence-electron chi connectivity index (χ0n) is 11.6. The molecule has 104 valence electrons. The van der Waals surface area contributed by atoms with Crippen LogP contribution in [-0.2, 0) is 0 Å². The summed E-state index contributed by atoms with van der Waals surface area (Å²) in [6, 6.07) is 0.624. The molecule has 1 saturated heterocycles. The average Bonchev–Trinajstić information content (AvgIpc) is 2.99. The lowest BCUT2D eigenvalue weighted by Gasteiger charge is -2.22. The molecule has 0 bridgehead atoms. The summed E-state index contributed by atoms with van der Waals surface area (Å²) in [6.07, 6.45) is 8.02. The number of nitrogens with one attached hydrogen (secondary N) is 2. The number of hydrogen-bond acceptors (Lipinski definition) is 2. The van der Waals surface area contributed by atoms with Crippen LogP contribution in [0.1, 0.15) is 45.4 Å². The molecular formula is C14H27N3S. The first-order valence-electron chi connectivity index (χ1n) is 7.51. The molecule has 0 aromatic rings. The molecule has 0 aromatic carbocycles. The lowest BCUT2D eigenvalue weighted by molar-refractivity contribution is 0.287. The number of hydrogen-bond donors (Lipinski definition) is 2. The van der Waals surface area contributed by atoms with Crippen molar-refractivity contribution in [3.8, 4) is 0 Å². The van der Waals surface area contributed by atoms with Gasteiger partial charge in [-0.05, 0) is 56.9 Å². The molecule has 2 rings (SSSR count). The largest absolute Gasteiger partial charge is 0.362 e. The summed E-state index contributed by atoms with van der Waals surface area (Å²) in [4.78, 5) is 2.57. The molecule has 0 aromatic heterocycles. The van der Waals surface area contributed by atoms with Crippen molar-refractivity contribution in [3.05, 3.63) is 0 Å². The van der Waals surface area contributed by atoms with Crippen LogP contribution >= 0.6 is 12.2 Å². The monoisotopic (exact) mass is 269 g/mol. The van der Waals surface area contributed by atoms with Gasteiger partial charge in [-0.1, -0.05) is 19.8 Å². The van der Waals surface area contributed by atoms with Gasteiger partial charge < -0.3 is 15.5 Å². The van der Waals surface area contributed by atoms with E-state index in [9.17, 15) is 0 Å². The molecule has 1 atom stereocenters. The standard InChI is InChI=1S/C14H27N3S/c1-12(11-17-8-4-5-9-17)10-15-14(18)16-13-6-2-3-7-13/h12-13H,2-11H2,1H3,(H2,15,16,18). The van der Waals surface area contributed by atoms with Gasteiger partial charge in [0, 0.05) is 19.1 Å². The molecule has 0 amide bonds. The van der Waals surface area contributed by atoms with Crippen molar-refractivity contribution in [1.29, 1.82) is 0 Å². The van der Waals surface area contributed by atoms with Crippen LogP contribution in [0.5, 0.6) is 0 Å². The second-order valence-electron chi connectivity index (χ2n) is 5.95. The van der Waals surface area contributed by atoms with E-state index in [4.69, 9.17) is 12.2 Å². The summed E-state index contributed by atoms with van der Waals surface area (Å²) in [7, 11) is 0. The van der Waals surface area contributed by atoms with Crippen LogP contribution in [0, 0.1) is 5.92 Å². The lowest BCUT2D eigenvalue weighted by Crippen LogP contribution is -2.43. The molecule has 1 saturated carbocycles. The average molecular weight is 269 g/mol. The summed E-state index contributed by atoms with van der Waals surface area (Å²) >= 11 is 5.36. The zero-order chi connectivity index (χ0) is 12.8. The van der Waals surface area contributed by atoms with Gasteiger partial charge in [0.05, 0.1) is 0 Å². The normalized spacial score (nSPS) is 23.2. The van der Waals surface area contributed by atoms with Gasteiger partial charge in [-0.2, -0.15) is 0 Å². The highest BCUT2D eigenvalue weighted by Gasteiger charge is 2.17. The van der Waals surface area contributed by atoms with Gasteiger partial charge in [0.1, 0.15) is 0 Å². The fourth-order valence-electron chi connectivity index (χ4n) is 3.04. The van der Waals surface area contributed by atoms with Crippen molar-refractivity contribution >= 4 is 17.3 Å². The van der Waals surface area contributed by atoms with E-state index >= 15 is 0 Å². The summed E-state index contributed by atoms with van der Waals surface area (Å²) in [5, 5.41) is 7.67. The van der Waals surface area contributed by atoms with Crippen LogP contribution in [0.15, 0.2) is 0 Å². The van der Waals surface area contributed by atoms with Crippen LogP contribution in [0.25, 0.3) is 0 Å². The predicted octanol–water partition coefficient (Wildman–Crippen LogP) is 2.12. The van der Waals surface area contributed by atoms with Crippen LogP contribution in [0.4, 0.5) is 0 Å². The van der Waals surface area contributed by atoms with Crippen molar-refractivity contribution in [3.63, 3.8) is 0 Å². The smallest absolute Gasteiger partial charge is 0.166 e. The van der Waals surface area contributed by atoms with E-state index < -0.39 is 0 Å². The Labute approximate surface area is 117 Å². The Morgan fingerprint density at radius 3 is 2.56 bits per heavy atom. The van der Waals surface area contributed by atoms with Gasteiger partial charge in [0.2, 0.25) is 0 Å². The molecule has 1 aliphatic carbocycles. The van der Waals surface area contributed by atoms with Gasteiger partial charge in [-0.25, -0.2) is 0 Å². The van der Waals surface area contributed by atoms with Gasteiger partial charge in [-0.3, -0.25) is 0 Å². The van der Waals surface area contributed by atoms with Gasteiger partial charge in [0.25, 0.3) is 0 Å². The Morgan fingerprint density at radius 2 is 1.89 bits per heavy atom. The van der Waals surface area contributed by atoms with Crippen molar-refractivity contribution in [2.75, 3.05) is 26.2 Å². The molecule has 2 aliphatic rings. The molecule has 1 heterocycles. The van der Waals surface area contributed by atoms with E-state index in [1.54, 1.807) is 0 Å². The number of likely N-dealkylation sites (tertiary alicyclic amines) is 1. The maximum absolute atomic E-state index is 5.36. The third-order valence-electron chi connectivity index (χ3n) is 4.07. The maximum atomic E-state index is 5.36. The minimum atomic E-state index is 0.624. The van der Waals surface area contributed by atoms with Crippen molar-refractivity contribution in [2.24, 2.45) is 5.92 Å². The van der Waals surface area contributed by atoms with E-state index in [1.807, 2.05) is 0 Å². The number of thiocarbonyl (C=S) groups is 1. The SMILES string of the molecule is CC(CNC(=S)NC1CCCC1)CN1CCCC1. The first kappa shape index (κ1) is 14.1. The summed E-state index contributed by atoms with van der Waals surface area (Å²) in [5.74, 6) is 0.673. The molecule has 2 fully saturated rings. The van der Waals surface area contributed by atoms with E-state index in [-0.39, 0.29) is 0 Å². The fraction of sp³-hybridized carbons (Fsp3) is 0.929. The molecule has 1 aliphatic heterocycles. The van der Waals surface area contributed by atoms with Gasteiger partial charge in [0.15, 0.2) is 5.11 Å². The second-order valence-corrected chi connectivity index (χ2v) is 6.36. The molecule has 2 N–H and O–H groups in total. The molecular weight excluding hydrogens is 242 g/mol. The fourth-order valence-corrected chi connectivity index (χ4v) is 3.29. The Kier molecular flexibility index (Phi) is 5.70. The molecule has 3 nitrogen and oxygen atoms in total. The number of nitrogens with zero attached hydrogens (tertiary/aromatic N) is 1. The van der Waals surface area contributed by atoms with E-state index in [0.29, 0.717) is 12.0 Å². The quantitative estimate of drug-likeness (QED) is 0.748. The van der Waals surface area contributed by atoms with Crippen LogP contribution in [0.2, 0.25) is 0 Å². The highest BCUT2D eigenvalue weighted by molar-refractivity contribution is 7.80. The molecule has 0 radical (unpaired) electrons. The highest BCUT2D eigenvalue weighted by Crippen LogP contribution is 2.17. The minimum Gasteiger partial charge on any atom is -0.362 e. The van der Waals surface area contributed by atoms with Gasteiger partial charge in [-0.15, -0.1) is 0 Å². The van der Waals surface area contributed by atoms with Crippen LogP contribution in [-0.4, -0.2) is 42.2 Å². The predicted molar refractivity (Wildman–Crippen MR) is 80.8 cm³/mol. The summed E-state index contributed by atoms with van der Waals surface area (Å²) in [6.45, 7) is 7.09. The summed E-state index contributed by atoms with van der Waals surface area (Å²) < 4.78 is 0. The van der Waals surface area contributed by atoms with E-state index in [0.717, 1.165) is 11.7 Å². The third-order valence-corrected chi connectivity index (χ3v) is 4.33. The molecule has 0 spiro atoms. The Bertz CT molecular complexity index is 258. The second kappa shape index (κ2) is 7.29. The van der Waals surface area contributed by atoms with E-state index in [2.05, 4.69) is 22.5 Å². The first-order chi connectivity index (χ1) is 8.74. The van der Waals surface area contributed by atoms with Crippen LogP contribution < -0.4 is 10.6 Å². The number of rotatable bonds is 5. The Hall–Kier alpha value is -0.350. The maximum Gasteiger partial charge on any atom is 0.166 e. The minimum absolute atomic E-state index is 0.624. The third kappa shape index (κ3) is 4.73. The molecule has 1 unspecified atom stereocenters. The highest BCUT2D eigenvalue weighted by atomic mass is 32.1. The van der Waals surface area contributed by atoms with Gasteiger partial charge >= 0.3 is 0 Å². The lowest BCUT2D eigenvalue weighted by atomic mass is 10.1. The summed E-state index contributed by atoms with van der Waals surface area (Å²) in [5.41, 5.74) is 0. The molecule has 4 heteroatoms. The molecule has 18 heavy (non-hydrogen) atoms.